The van der Waals surface area contributed by atoms with Crippen molar-refractivity contribution in [2.45, 2.75) is 6.54 Å². The van der Waals surface area contributed by atoms with Gasteiger partial charge in [-0.05, 0) is 33.6 Å². The second-order valence-electron chi connectivity index (χ2n) is 3.83. The molecule has 92 valence electrons. The molecule has 0 saturated carbocycles. The lowest BCUT2D eigenvalue weighted by Gasteiger charge is -2.05. The quantitative estimate of drug-likeness (QED) is 0.884. The standard InChI is InChI=1S/C14H11BrFNO/c15-12-3-1-2-11(13(12)16)14(18)10-6-4-9(8-17)5-7-10/h1-7H,8,17H2. The predicted molar refractivity (Wildman–Crippen MR) is 71.9 cm³/mol. The van der Waals surface area contributed by atoms with E-state index in [1.165, 1.54) is 6.07 Å². The van der Waals surface area contributed by atoms with Gasteiger partial charge in [0, 0.05) is 12.1 Å². The Bertz CT molecular complexity index is 581. The van der Waals surface area contributed by atoms with Gasteiger partial charge < -0.3 is 5.73 Å². The lowest BCUT2D eigenvalue weighted by Crippen LogP contribution is -2.05. The zero-order valence-electron chi connectivity index (χ0n) is 9.49. The summed E-state index contributed by atoms with van der Waals surface area (Å²) in [6.45, 7) is 0.416. The average Bonchev–Trinajstić information content (AvgIpc) is 2.41. The van der Waals surface area contributed by atoms with Crippen LogP contribution in [-0.2, 0) is 6.54 Å². The van der Waals surface area contributed by atoms with Gasteiger partial charge >= 0.3 is 0 Å². The van der Waals surface area contributed by atoms with Crippen LogP contribution in [0.25, 0.3) is 0 Å². The van der Waals surface area contributed by atoms with Gasteiger partial charge in [0.15, 0.2) is 5.78 Å². The minimum Gasteiger partial charge on any atom is -0.326 e. The van der Waals surface area contributed by atoms with E-state index in [1.807, 2.05) is 0 Å². The van der Waals surface area contributed by atoms with Crippen molar-refractivity contribution in [1.29, 1.82) is 0 Å². The van der Waals surface area contributed by atoms with Crippen LogP contribution in [-0.4, -0.2) is 5.78 Å². The lowest BCUT2D eigenvalue weighted by molar-refractivity contribution is 0.103. The second kappa shape index (κ2) is 5.42. The number of ketones is 1. The molecule has 0 bridgehead atoms. The summed E-state index contributed by atoms with van der Waals surface area (Å²) in [6, 6.07) is 11.5. The molecule has 2 aromatic carbocycles. The SMILES string of the molecule is NCc1ccc(C(=O)c2cccc(Br)c2F)cc1. The first-order valence-corrected chi connectivity index (χ1v) is 6.20. The van der Waals surface area contributed by atoms with Gasteiger partial charge in [-0.25, -0.2) is 4.39 Å². The fourth-order valence-electron chi connectivity index (χ4n) is 1.63. The molecule has 4 heteroatoms. The number of carbonyl (C=O) groups excluding carboxylic acids is 1. The molecule has 0 unspecified atom stereocenters. The Morgan fingerprint density at radius 1 is 1.17 bits per heavy atom. The Morgan fingerprint density at radius 3 is 2.44 bits per heavy atom. The molecule has 0 radical (unpaired) electrons. The average molecular weight is 308 g/mol. The smallest absolute Gasteiger partial charge is 0.196 e. The Kier molecular flexibility index (Phi) is 3.89. The van der Waals surface area contributed by atoms with Gasteiger partial charge in [-0.3, -0.25) is 4.79 Å². The molecule has 2 aromatic rings. The minimum atomic E-state index is -0.537. The molecule has 0 aromatic heterocycles. The summed E-state index contributed by atoms with van der Waals surface area (Å²) in [4.78, 5) is 12.1. The first-order valence-electron chi connectivity index (χ1n) is 5.41. The van der Waals surface area contributed by atoms with Crippen LogP contribution in [0.3, 0.4) is 0 Å². The van der Waals surface area contributed by atoms with Crippen LogP contribution in [0.1, 0.15) is 21.5 Å². The molecule has 0 aliphatic heterocycles. The van der Waals surface area contributed by atoms with Crippen molar-refractivity contribution in [3.63, 3.8) is 0 Å². The Labute approximate surface area is 113 Å². The van der Waals surface area contributed by atoms with Crippen LogP contribution in [0.2, 0.25) is 0 Å². The molecule has 0 heterocycles. The molecular formula is C14H11BrFNO. The number of benzene rings is 2. The van der Waals surface area contributed by atoms with Crippen molar-refractivity contribution < 1.29 is 9.18 Å². The van der Waals surface area contributed by atoms with Crippen LogP contribution in [0.15, 0.2) is 46.9 Å². The lowest BCUT2D eigenvalue weighted by atomic mass is 10.0. The zero-order chi connectivity index (χ0) is 13.1. The van der Waals surface area contributed by atoms with Gasteiger partial charge in [0.25, 0.3) is 0 Å². The molecule has 0 saturated heterocycles. The molecule has 0 aliphatic carbocycles. The maximum Gasteiger partial charge on any atom is 0.196 e. The monoisotopic (exact) mass is 307 g/mol. The summed E-state index contributed by atoms with van der Waals surface area (Å²) in [5.74, 6) is -0.872. The van der Waals surface area contributed by atoms with Crippen LogP contribution in [0.5, 0.6) is 0 Å². The van der Waals surface area contributed by atoms with E-state index in [1.54, 1.807) is 36.4 Å². The van der Waals surface area contributed by atoms with Gasteiger partial charge in [-0.1, -0.05) is 30.3 Å². The van der Waals surface area contributed by atoms with Gasteiger partial charge in [0.05, 0.1) is 10.0 Å². The normalized spacial score (nSPS) is 10.4. The predicted octanol–water partition coefficient (Wildman–Crippen LogP) is 3.28. The van der Waals surface area contributed by atoms with Crippen molar-refractivity contribution >= 4 is 21.7 Å². The van der Waals surface area contributed by atoms with E-state index >= 15 is 0 Å². The van der Waals surface area contributed by atoms with Gasteiger partial charge in [-0.2, -0.15) is 0 Å². The zero-order valence-corrected chi connectivity index (χ0v) is 11.1. The number of rotatable bonds is 3. The second-order valence-corrected chi connectivity index (χ2v) is 4.69. The van der Waals surface area contributed by atoms with E-state index in [4.69, 9.17) is 5.73 Å². The van der Waals surface area contributed by atoms with E-state index < -0.39 is 5.82 Å². The highest BCUT2D eigenvalue weighted by molar-refractivity contribution is 9.10. The van der Waals surface area contributed by atoms with Crippen LogP contribution < -0.4 is 5.73 Å². The number of nitrogens with two attached hydrogens (primary N) is 1. The molecule has 0 amide bonds. The fourth-order valence-corrected chi connectivity index (χ4v) is 1.99. The van der Waals surface area contributed by atoms with Gasteiger partial charge in [0.2, 0.25) is 0 Å². The highest BCUT2D eigenvalue weighted by Gasteiger charge is 2.15. The topological polar surface area (TPSA) is 43.1 Å². The molecule has 18 heavy (non-hydrogen) atoms. The van der Waals surface area contributed by atoms with Crippen molar-refractivity contribution in [3.8, 4) is 0 Å². The number of hydrogen-bond donors (Lipinski definition) is 1. The van der Waals surface area contributed by atoms with Crippen LogP contribution in [0, 0.1) is 5.82 Å². The van der Waals surface area contributed by atoms with E-state index in [0.29, 0.717) is 12.1 Å². The first kappa shape index (κ1) is 12.9. The maximum atomic E-state index is 13.8. The van der Waals surface area contributed by atoms with Crippen LogP contribution in [0.4, 0.5) is 4.39 Å². The Morgan fingerprint density at radius 2 is 1.83 bits per heavy atom. The van der Waals surface area contributed by atoms with Crippen molar-refractivity contribution in [2.24, 2.45) is 5.73 Å². The molecular weight excluding hydrogens is 297 g/mol. The van der Waals surface area contributed by atoms with E-state index in [0.717, 1.165) is 5.56 Å². The molecule has 0 spiro atoms. The summed E-state index contributed by atoms with van der Waals surface area (Å²) in [6.07, 6.45) is 0. The fraction of sp³-hybridized carbons (Fsp3) is 0.0714. The van der Waals surface area contributed by atoms with Crippen molar-refractivity contribution in [2.75, 3.05) is 0 Å². The van der Waals surface area contributed by atoms with E-state index in [-0.39, 0.29) is 15.8 Å². The summed E-state index contributed by atoms with van der Waals surface area (Å²) in [5.41, 5.74) is 6.92. The third kappa shape index (κ3) is 2.49. The van der Waals surface area contributed by atoms with E-state index in [9.17, 15) is 9.18 Å². The maximum absolute atomic E-state index is 13.8. The van der Waals surface area contributed by atoms with Gasteiger partial charge in [-0.15, -0.1) is 0 Å². The Hall–Kier alpha value is -1.52. The number of carbonyl (C=O) groups is 1. The molecule has 0 aliphatic rings. The summed E-state index contributed by atoms with van der Waals surface area (Å²) >= 11 is 3.07. The Balaban J connectivity index is 2.38. The highest BCUT2D eigenvalue weighted by Crippen LogP contribution is 2.21. The molecule has 2 rings (SSSR count). The third-order valence-electron chi connectivity index (χ3n) is 2.65. The molecule has 2 N–H and O–H groups in total. The summed E-state index contributed by atoms with van der Waals surface area (Å²) < 4.78 is 14.1. The molecule has 0 fully saturated rings. The summed E-state index contributed by atoms with van der Waals surface area (Å²) in [7, 11) is 0. The minimum absolute atomic E-state index is 0.0601. The van der Waals surface area contributed by atoms with E-state index in [2.05, 4.69) is 15.9 Å². The molecule has 2 nitrogen and oxygen atoms in total. The number of halogens is 2. The van der Waals surface area contributed by atoms with Crippen molar-refractivity contribution in [1.82, 2.24) is 0 Å². The van der Waals surface area contributed by atoms with Gasteiger partial charge in [0.1, 0.15) is 5.82 Å². The largest absolute Gasteiger partial charge is 0.326 e. The van der Waals surface area contributed by atoms with Crippen molar-refractivity contribution in [3.05, 3.63) is 69.4 Å². The molecule has 0 atom stereocenters. The van der Waals surface area contributed by atoms with Crippen LogP contribution >= 0.6 is 15.9 Å². The highest BCUT2D eigenvalue weighted by atomic mass is 79.9. The third-order valence-corrected chi connectivity index (χ3v) is 3.26. The number of hydrogen-bond acceptors (Lipinski definition) is 2. The summed E-state index contributed by atoms with van der Waals surface area (Å²) in [5, 5.41) is 0. The first-order chi connectivity index (χ1) is 8.63.